The fourth-order valence-corrected chi connectivity index (χ4v) is 1.53. The Kier molecular flexibility index (Phi) is 7.31. The molecule has 0 saturated carbocycles. The van der Waals surface area contributed by atoms with E-state index in [2.05, 4.69) is 30.3 Å². The van der Waals surface area contributed by atoms with Crippen LogP contribution in [0.5, 0.6) is 0 Å². The van der Waals surface area contributed by atoms with E-state index in [1.165, 1.54) is 5.56 Å². The Morgan fingerprint density at radius 2 is 1.16 bits per heavy atom. The summed E-state index contributed by atoms with van der Waals surface area (Å²) in [5, 5.41) is 0. The topological polar surface area (TPSA) is 0 Å². The summed E-state index contributed by atoms with van der Waals surface area (Å²) < 4.78 is 0. The smallest absolute Gasteiger partial charge is 0.184 e. The third-order valence-corrected chi connectivity index (χ3v) is 2.40. The van der Waals surface area contributed by atoms with E-state index in [0.717, 1.165) is 5.56 Å². The molecular formula is C18H14Ni. The molecule has 0 aliphatic carbocycles. The molecule has 0 amide bonds. The van der Waals surface area contributed by atoms with Crippen LogP contribution < -0.4 is 0 Å². The van der Waals surface area contributed by atoms with Gasteiger partial charge >= 0.3 is 16.5 Å². The number of hydrogen-bond donors (Lipinski definition) is 0. The summed E-state index contributed by atoms with van der Waals surface area (Å²) >= 11 is 0. The molecule has 0 bridgehead atoms. The summed E-state index contributed by atoms with van der Waals surface area (Å²) in [7, 11) is 0. The van der Waals surface area contributed by atoms with Crippen LogP contribution in [-0.4, -0.2) is 0 Å². The molecule has 3 aromatic rings. The summed E-state index contributed by atoms with van der Waals surface area (Å²) in [6, 6.07) is 34.0. The molecule has 96 valence electrons. The molecule has 0 radical (unpaired) electrons. The summed E-state index contributed by atoms with van der Waals surface area (Å²) in [5.74, 6) is 0. The van der Waals surface area contributed by atoms with Gasteiger partial charge < -0.3 is 0 Å². The Bertz CT molecular complexity index is 468. The fraction of sp³-hybridized carbons (Fsp3) is 0. The Morgan fingerprint density at radius 1 is 0.579 bits per heavy atom. The van der Waals surface area contributed by atoms with Gasteiger partial charge in [-0.15, -0.1) is 35.9 Å². The van der Waals surface area contributed by atoms with Gasteiger partial charge in [-0.3, -0.25) is 0 Å². The first-order valence-corrected chi connectivity index (χ1v) is 5.90. The van der Waals surface area contributed by atoms with E-state index in [0.29, 0.717) is 0 Å². The van der Waals surface area contributed by atoms with Crippen molar-refractivity contribution in [2.45, 2.75) is 0 Å². The van der Waals surface area contributed by atoms with Crippen LogP contribution in [0.1, 0.15) is 0 Å². The van der Waals surface area contributed by atoms with Crippen LogP contribution >= 0.6 is 0 Å². The molecule has 0 fully saturated rings. The van der Waals surface area contributed by atoms with Gasteiger partial charge in [0.15, 0.2) is 0 Å². The molecule has 0 saturated heterocycles. The Hall–Kier alpha value is -1.85. The van der Waals surface area contributed by atoms with Gasteiger partial charge in [0, 0.05) is 0 Å². The van der Waals surface area contributed by atoms with Gasteiger partial charge in [0.1, 0.15) is 0 Å². The van der Waals surface area contributed by atoms with Crippen molar-refractivity contribution in [1.82, 2.24) is 0 Å². The number of rotatable bonds is 1. The minimum atomic E-state index is 0. The molecule has 3 aromatic carbocycles. The van der Waals surface area contributed by atoms with E-state index in [4.69, 9.17) is 0 Å². The maximum absolute atomic E-state index is 3.18. The molecule has 0 atom stereocenters. The summed E-state index contributed by atoms with van der Waals surface area (Å²) in [6.45, 7) is 0. The molecule has 19 heavy (non-hydrogen) atoms. The molecule has 0 heterocycles. The van der Waals surface area contributed by atoms with Gasteiger partial charge in [-0.25, -0.2) is 0 Å². The van der Waals surface area contributed by atoms with E-state index in [-0.39, 0.29) is 16.5 Å². The van der Waals surface area contributed by atoms with Gasteiger partial charge in [-0.05, 0) is 0 Å². The van der Waals surface area contributed by atoms with Crippen LogP contribution in [0.3, 0.4) is 0 Å². The molecule has 0 spiro atoms. The van der Waals surface area contributed by atoms with E-state index < -0.39 is 0 Å². The third kappa shape index (κ3) is 5.55. The van der Waals surface area contributed by atoms with Crippen LogP contribution in [0.4, 0.5) is 0 Å². The first kappa shape index (κ1) is 15.2. The van der Waals surface area contributed by atoms with Gasteiger partial charge in [-0.1, -0.05) is 35.9 Å². The quantitative estimate of drug-likeness (QED) is 0.452. The molecule has 0 nitrogen and oxygen atoms in total. The normalized spacial score (nSPS) is 8.63. The fourth-order valence-electron chi connectivity index (χ4n) is 1.53. The van der Waals surface area contributed by atoms with E-state index >= 15 is 0 Å². The Balaban J connectivity index is 0.000000220. The van der Waals surface area contributed by atoms with Crippen molar-refractivity contribution in [1.29, 1.82) is 0 Å². The zero-order chi connectivity index (χ0) is 12.5. The van der Waals surface area contributed by atoms with Gasteiger partial charge in [0.25, 0.3) is 0 Å². The average molecular weight is 289 g/mol. The molecule has 0 N–H and O–H groups in total. The predicted molar refractivity (Wildman–Crippen MR) is 76.0 cm³/mol. The molecule has 0 unspecified atom stereocenters. The van der Waals surface area contributed by atoms with E-state index in [1.807, 2.05) is 66.7 Å². The van der Waals surface area contributed by atoms with Crippen molar-refractivity contribution < 1.29 is 16.5 Å². The predicted octanol–water partition coefficient (Wildman–Crippen LogP) is 4.64. The van der Waals surface area contributed by atoms with Crippen LogP contribution in [0.25, 0.3) is 11.1 Å². The van der Waals surface area contributed by atoms with Gasteiger partial charge in [0.05, 0.1) is 0 Å². The zero-order valence-electron chi connectivity index (χ0n) is 10.4. The minimum Gasteiger partial charge on any atom is -0.184 e. The van der Waals surface area contributed by atoms with Crippen LogP contribution in [0.15, 0.2) is 84.9 Å². The van der Waals surface area contributed by atoms with Crippen molar-refractivity contribution in [2.24, 2.45) is 0 Å². The Morgan fingerprint density at radius 3 is 1.63 bits per heavy atom. The molecule has 0 aliphatic rings. The van der Waals surface area contributed by atoms with Crippen LogP contribution in [-0.2, 0) is 16.5 Å². The molecular weight excluding hydrogens is 275 g/mol. The summed E-state index contributed by atoms with van der Waals surface area (Å²) in [4.78, 5) is 0. The van der Waals surface area contributed by atoms with Crippen LogP contribution in [0.2, 0.25) is 0 Å². The van der Waals surface area contributed by atoms with E-state index in [1.54, 1.807) is 0 Å². The van der Waals surface area contributed by atoms with Gasteiger partial charge in [-0.2, -0.15) is 36.4 Å². The van der Waals surface area contributed by atoms with Crippen molar-refractivity contribution in [2.75, 3.05) is 0 Å². The van der Waals surface area contributed by atoms with Crippen molar-refractivity contribution >= 4 is 0 Å². The first-order valence-electron chi connectivity index (χ1n) is 5.90. The van der Waals surface area contributed by atoms with Crippen molar-refractivity contribution in [3.05, 3.63) is 97.1 Å². The summed E-state index contributed by atoms with van der Waals surface area (Å²) in [5.41, 5.74) is 2.37. The van der Waals surface area contributed by atoms with E-state index in [9.17, 15) is 0 Å². The number of hydrogen-bond acceptors (Lipinski definition) is 0. The second-order valence-electron chi connectivity index (χ2n) is 3.72. The van der Waals surface area contributed by atoms with Crippen LogP contribution in [0, 0.1) is 12.1 Å². The van der Waals surface area contributed by atoms with Crippen molar-refractivity contribution in [3.63, 3.8) is 0 Å². The maximum atomic E-state index is 3.18. The molecule has 1 heteroatoms. The third-order valence-electron chi connectivity index (χ3n) is 2.40. The second-order valence-corrected chi connectivity index (χ2v) is 3.72. The minimum absolute atomic E-state index is 0. The number of benzene rings is 3. The SMILES string of the molecule is [Ni+2].[c-]1ccccc1.[c-]1ccccc1-c1ccccc1. The zero-order valence-corrected chi connectivity index (χ0v) is 11.4. The maximum Gasteiger partial charge on any atom is 2.00 e. The average Bonchev–Trinajstić information content (AvgIpc) is 2.51. The largest absolute Gasteiger partial charge is 2.00 e. The molecule has 0 aliphatic heterocycles. The van der Waals surface area contributed by atoms with Gasteiger partial charge in [0.2, 0.25) is 0 Å². The Labute approximate surface area is 125 Å². The summed E-state index contributed by atoms with van der Waals surface area (Å²) in [6.07, 6.45) is 0. The van der Waals surface area contributed by atoms with Crippen molar-refractivity contribution in [3.8, 4) is 11.1 Å². The second kappa shape index (κ2) is 9.13. The molecule has 3 rings (SSSR count). The monoisotopic (exact) mass is 288 g/mol. The molecule has 0 aromatic heterocycles. The first-order chi connectivity index (χ1) is 8.97. The standard InChI is InChI=1S/C12H9.C6H5.Ni/c1-3-7-11(8-4-1)12-9-5-2-6-10-12;1-2-4-6-5-3-1;/h1-9H;1-5H;/q2*-1;+2.